The molecule has 2 aromatic heterocycles. The monoisotopic (exact) mass is 236 g/mol. The van der Waals surface area contributed by atoms with E-state index in [1.54, 1.807) is 6.20 Å². The van der Waals surface area contributed by atoms with Crippen molar-refractivity contribution >= 4 is 11.0 Å². The van der Waals surface area contributed by atoms with Crippen LogP contribution in [0.4, 0.5) is 0 Å². The Morgan fingerprint density at radius 2 is 2.06 bits per heavy atom. The third kappa shape index (κ3) is 1.68. The summed E-state index contributed by atoms with van der Waals surface area (Å²) in [5.74, 6) is 0. The zero-order valence-electron chi connectivity index (χ0n) is 9.30. The minimum absolute atomic E-state index is 0.557. The van der Waals surface area contributed by atoms with Crippen LogP contribution in [0.1, 0.15) is 11.7 Å². The van der Waals surface area contributed by atoms with Gasteiger partial charge in [0.05, 0.1) is 29.0 Å². The summed E-state index contributed by atoms with van der Waals surface area (Å²) in [5.41, 5.74) is 2.12. The smallest absolute Gasteiger partial charge is 0.183 e. The van der Waals surface area contributed by atoms with E-state index in [0.717, 1.165) is 11.0 Å². The molecule has 0 amide bonds. The molecule has 0 aliphatic heterocycles. The summed E-state index contributed by atoms with van der Waals surface area (Å²) in [6.45, 7) is 0. The Morgan fingerprint density at radius 1 is 1.22 bits per heavy atom. The van der Waals surface area contributed by atoms with E-state index in [1.807, 2.05) is 24.3 Å². The van der Waals surface area contributed by atoms with Crippen molar-refractivity contribution in [3.63, 3.8) is 0 Å². The lowest BCUT2D eigenvalue weighted by atomic mass is 10.2. The molecule has 0 bridgehead atoms. The van der Waals surface area contributed by atoms with E-state index in [-0.39, 0.29) is 0 Å². The summed E-state index contributed by atoms with van der Waals surface area (Å²) in [5, 5.41) is 13.2. The maximum absolute atomic E-state index is 9.22. The quantitative estimate of drug-likeness (QED) is 0.670. The fourth-order valence-electron chi connectivity index (χ4n) is 1.71. The molecule has 6 heteroatoms. The average molecular weight is 236 g/mol. The van der Waals surface area contributed by atoms with Gasteiger partial charge >= 0.3 is 0 Å². The van der Waals surface area contributed by atoms with E-state index in [4.69, 9.17) is 0 Å². The zero-order chi connectivity index (χ0) is 12.4. The Morgan fingerprint density at radius 3 is 2.78 bits per heavy atom. The Bertz CT molecular complexity index is 713. The normalized spacial score (nSPS) is 12.2. The number of nitrogens with zero attached hydrogens (tertiary/aromatic N) is 6. The highest BCUT2D eigenvalue weighted by Crippen LogP contribution is 2.16. The van der Waals surface area contributed by atoms with E-state index in [9.17, 15) is 5.26 Å². The van der Waals surface area contributed by atoms with Gasteiger partial charge in [-0.25, -0.2) is 14.6 Å². The van der Waals surface area contributed by atoms with E-state index in [2.05, 4.69) is 26.1 Å². The third-order valence-electron chi connectivity index (χ3n) is 2.57. The Hall–Kier alpha value is -2.81. The fraction of sp³-hybridized carbons (Fsp3) is 0.0833. The van der Waals surface area contributed by atoms with Crippen molar-refractivity contribution in [3.05, 3.63) is 48.8 Å². The summed E-state index contributed by atoms with van der Waals surface area (Å²) < 4.78 is 1.46. The van der Waals surface area contributed by atoms with Gasteiger partial charge in [0.2, 0.25) is 0 Å². The molecular weight excluding hydrogens is 228 g/mol. The molecule has 0 fully saturated rings. The molecule has 86 valence electrons. The predicted octanol–water partition coefficient (Wildman–Crippen LogP) is 1.33. The van der Waals surface area contributed by atoms with E-state index in [1.165, 1.54) is 17.3 Å². The van der Waals surface area contributed by atoms with Crippen LogP contribution >= 0.6 is 0 Å². The van der Waals surface area contributed by atoms with Crippen molar-refractivity contribution < 1.29 is 0 Å². The second-order valence-electron chi connectivity index (χ2n) is 3.69. The first kappa shape index (κ1) is 10.4. The molecule has 18 heavy (non-hydrogen) atoms. The van der Waals surface area contributed by atoms with Crippen LogP contribution in [0.3, 0.4) is 0 Å². The van der Waals surface area contributed by atoms with Crippen molar-refractivity contribution in [2.45, 2.75) is 6.04 Å². The van der Waals surface area contributed by atoms with Gasteiger partial charge in [-0.15, -0.1) is 0 Å². The molecular formula is C12H8N6. The summed E-state index contributed by atoms with van der Waals surface area (Å²) in [7, 11) is 0. The van der Waals surface area contributed by atoms with Crippen LogP contribution in [-0.4, -0.2) is 24.7 Å². The highest BCUT2D eigenvalue weighted by atomic mass is 15.3. The largest absolute Gasteiger partial charge is 0.253 e. The number of rotatable bonds is 2. The second-order valence-corrected chi connectivity index (χ2v) is 3.69. The SMILES string of the molecule is N#CC(c1cnc2ccccc2n1)n1cncn1. The van der Waals surface area contributed by atoms with Crippen molar-refractivity contribution in [2.24, 2.45) is 0 Å². The van der Waals surface area contributed by atoms with Gasteiger partial charge in [-0.3, -0.25) is 4.98 Å². The van der Waals surface area contributed by atoms with Crippen LogP contribution in [0.5, 0.6) is 0 Å². The third-order valence-corrected chi connectivity index (χ3v) is 2.57. The number of hydrogen-bond acceptors (Lipinski definition) is 5. The maximum atomic E-state index is 9.22. The topological polar surface area (TPSA) is 80.3 Å². The lowest BCUT2D eigenvalue weighted by Gasteiger charge is -2.08. The number of hydrogen-bond donors (Lipinski definition) is 0. The lowest BCUT2D eigenvalue weighted by molar-refractivity contribution is 0.606. The molecule has 0 spiro atoms. The van der Waals surface area contributed by atoms with Gasteiger partial charge < -0.3 is 0 Å². The molecule has 0 aliphatic carbocycles. The van der Waals surface area contributed by atoms with Gasteiger partial charge in [0.15, 0.2) is 6.04 Å². The molecule has 0 saturated heterocycles. The lowest BCUT2D eigenvalue weighted by Crippen LogP contribution is -2.11. The van der Waals surface area contributed by atoms with Gasteiger partial charge in [-0.1, -0.05) is 12.1 Å². The number of fused-ring (bicyclic) bond motifs is 1. The van der Waals surface area contributed by atoms with Crippen molar-refractivity contribution in [1.82, 2.24) is 24.7 Å². The van der Waals surface area contributed by atoms with E-state index >= 15 is 0 Å². The van der Waals surface area contributed by atoms with Crippen LogP contribution in [0, 0.1) is 11.3 Å². The first-order valence-electron chi connectivity index (χ1n) is 5.34. The van der Waals surface area contributed by atoms with Gasteiger partial charge in [0.25, 0.3) is 0 Å². The molecule has 2 heterocycles. The fourth-order valence-corrected chi connectivity index (χ4v) is 1.71. The highest BCUT2D eigenvalue weighted by Gasteiger charge is 2.15. The highest BCUT2D eigenvalue weighted by molar-refractivity contribution is 5.73. The minimum atomic E-state index is -0.607. The van der Waals surface area contributed by atoms with Gasteiger partial charge in [-0.2, -0.15) is 10.4 Å². The van der Waals surface area contributed by atoms with Crippen LogP contribution in [0.2, 0.25) is 0 Å². The molecule has 3 aromatic rings. The van der Waals surface area contributed by atoms with Crippen molar-refractivity contribution in [1.29, 1.82) is 5.26 Å². The van der Waals surface area contributed by atoms with Crippen LogP contribution in [-0.2, 0) is 0 Å². The summed E-state index contributed by atoms with van der Waals surface area (Å²) in [6.07, 6.45) is 4.47. The number of aromatic nitrogens is 5. The molecule has 6 nitrogen and oxygen atoms in total. The number of para-hydroxylation sites is 2. The Kier molecular flexibility index (Phi) is 2.43. The number of benzene rings is 1. The molecule has 1 aromatic carbocycles. The van der Waals surface area contributed by atoms with Gasteiger partial charge in [0.1, 0.15) is 12.7 Å². The van der Waals surface area contributed by atoms with Crippen molar-refractivity contribution in [3.8, 4) is 6.07 Å². The summed E-state index contributed by atoms with van der Waals surface area (Å²) >= 11 is 0. The van der Waals surface area contributed by atoms with Gasteiger partial charge in [0, 0.05) is 0 Å². The number of nitriles is 1. The molecule has 0 N–H and O–H groups in total. The van der Waals surface area contributed by atoms with Crippen molar-refractivity contribution in [2.75, 3.05) is 0 Å². The molecule has 0 saturated carbocycles. The first-order valence-corrected chi connectivity index (χ1v) is 5.34. The predicted molar refractivity (Wildman–Crippen MR) is 63.3 cm³/mol. The molecule has 1 atom stereocenters. The van der Waals surface area contributed by atoms with Crippen LogP contribution < -0.4 is 0 Å². The molecule has 0 radical (unpaired) electrons. The summed E-state index contributed by atoms with van der Waals surface area (Å²) in [4.78, 5) is 12.5. The molecule has 0 aliphatic rings. The van der Waals surface area contributed by atoms with Gasteiger partial charge in [-0.05, 0) is 12.1 Å². The van der Waals surface area contributed by atoms with Crippen LogP contribution in [0.15, 0.2) is 43.1 Å². The second kappa shape index (κ2) is 4.22. The van der Waals surface area contributed by atoms with E-state index in [0.29, 0.717) is 5.69 Å². The minimum Gasteiger partial charge on any atom is -0.253 e. The Balaban J connectivity index is 2.11. The molecule has 3 rings (SSSR count). The Labute approximate surface area is 103 Å². The molecule has 1 unspecified atom stereocenters. The maximum Gasteiger partial charge on any atom is 0.183 e. The standard InChI is InChI=1S/C12H8N6/c13-5-12(18-8-14-7-16-18)11-6-15-9-3-1-2-4-10(9)17-11/h1-4,6-8,12H. The summed E-state index contributed by atoms with van der Waals surface area (Å²) in [6, 6.07) is 9.06. The first-order chi connectivity index (χ1) is 8.88. The average Bonchev–Trinajstić information content (AvgIpc) is 2.93. The van der Waals surface area contributed by atoms with Crippen LogP contribution in [0.25, 0.3) is 11.0 Å². The van der Waals surface area contributed by atoms with E-state index < -0.39 is 6.04 Å². The zero-order valence-corrected chi connectivity index (χ0v) is 9.30.